The van der Waals surface area contributed by atoms with E-state index in [0.717, 1.165) is 5.30 Å². The average Bonchev–Trinajstić information content (AvgIpc) is 2.79. The van der Waals surface area contributed by atoms with Gasteiger partial charge in [0.2, 0.25) is 0 Å². The summed E-state index contributed by atoms with van der Waals surface area (Å²) in [6.07, 6.45) is 0. The molecule has 1 atom stereocenters. The number of carbonyl (C=O) groups is 1. The lowest BCUT2D eigenvalue weighted by Crippen LogP contribution is -2.26. The van der Waals surface area contributed by atoms with Gasteiger partial charge in [-0.3, -0.25) is 4.55 Å². The number of carbonyl (C=O) groups excluding carboxylic acids is 1. The quantitative estimate of drug-likeness (QED) is 0.226. The van der Waals surface area contributed by atoms with Gasteiger partial charge in [0, 0.05) is 0 Å². The average molecular weight is 527 g/mol. The van der Waals surface area contributed by atoms with Gasteiger partial charge < -0.3 is 4.74 Å². The van der Waals surface area contributed by atoms with Crippen molar-refractivity contribution in [3.63, 3.8) is 0 Å². The summed E-state index contributed by atoms with van der Waals surface area (Å²) in [7, 11) is -5.26. The first-order chi connectivity index (χ1) is 16.2. The van der Waals surface area contributed by atoms with Crippen LogP contribution in [0.2, 0.25) is 0 Å². The van der Waals surface area contributed by atoms with Crippen molar-refractivity contribution >= 4 is 39.9 Å². The molecule has 3 rings (SSSR count). The van der Waals surface area contributed by atoms with Crippen LogP contribution in [0.1, 0.15) is 36.7 Å². The van der Waals surface area contributed by atoms with Gasteiger partial charge in [0.1, 0.15) is 0 Å². The minimum absolute atomic E-state index is 0.109. The van der Waals surface area contributed by atoms with Gasteiger partial charge in [-0.2, -0.15) is 21.6 Å². The molecule has 3 aromatic carbocycles. The Balaban J connectivity index is 0.000000466. The minimum Gasteiger partial charge on any atom is -0.465 e. The monoisotopic (exact) mass is 526 g/mol. The lowest BCUT2D eigenvalue weighted by molar-refractivity contribution is -0.0510. The minimum atomic E-state index is -5.84. The fraction of sp³-hybridized carbons (Fsp3) is 0.240. The molecular formula is C25H26F3O5PS. The summed E-state index contributed by atoms with van der Waals surface area (Å²) in [5.41, 5.74) is -3.49. The Morgan fingerprint density at radius 2 is 1.29 bits per heavy atom. The normalized spacial score (nSPS) is 12.8. The standard InChI is InChI=1S/C24H25O2P.CHF3O3S/c1-24(2,3)18-14-16-20(17-15-18)27(19-10-6-5-7-11-19)22-13-9-8-12-21(22)23(25)26-4;2-1(3,4)8(5,6)7/h5-17H,1-4H3;(H,5,6,7). The summed E-state index contributed by atoms with van der Waals surface area (Å²) in [5, 5.41) is 3.46. The fourth-order valence-corrected chi connectivity index (χ4v) is 5.48. The fourth-order valence-electron chi connectivity index (χ4n) is 3.07. The summed E-state index contributed by atoms with van der Waals surface area (Å²) in [4.78, 5) is 12.4. The summed E-state index contributed by atoms with van der Waals surface area (Å²) >= 11 is 0. The molecule has 0 aliphatic rings. The molecule has 5 nitrogen and oxygen atoms in total. The topological polar surface area (TPSA) is 80.7 Å². The van der Waals surface area contributed by atoms with Gasteiger partial charge in [-0.15, -0.1) is 0 Å². The number of hydrogen-bond donors (Lipinski definition) is 1. The smallest absolute Gasteiger partial charge is 0.465 e. The largest absolute Gasteiger partial charge is 0.522 e. The molecule has 0 spiro atoms. The van der Waals surface area contributed by atoms with Gasteiger partial charge in [0.05, 0.1) is 12.7 Å². The number of ether oxygens (including phenoxy) is 1. The molecule has 0 saturated heterocycles. The third kappa shape index (κ3) is 7.62. The van der Waals surface area contributed by atoms with Crippen LogP contribution >= 0.6 is 7.92 Å². The highest BCUT2D eigenvalue weighted by molar-refractivity contribution is 7.86. The lowest BCUT2D eigenvalue weighted by Gasteiger charge is -2.23. The van der Waals surface area contributed by atoms with E-state index in [1.54, 1.807) is 0 Å². The molecule has 0 aliphatic heterocycles. The number of esters is 1. The van der Waals surface area contributed by atoms with Gasteiger partial charge >= 0.3 is 21.6 Å². The van der Waals surface area contributed by atoms with Gasteiger partial charge in [-0.05, 0) is 40.9 Å². The molecule has 3 aromatic rings. The second kappa shape index (κ2) is 11.3. The lowest BCUT2D eigenvalue weighted by atomic mass is 9.87. The zero-order chi connectivity index (χ0) is 26.4. The van der Waals surface area contributed by atoms with Crippen LogP contribution in [0.25, 0.3) is 0 Å². The summed E-state index contributed by atoms with van der Waals surface area (Å²) in [6, 6.07) is 27.0. The Labute approximate surface area is 204 Å². The first-order valence-corrected chi connectivity index (χ1v) is 13.1. The summed E-state index contributed by atoms with van der Waals surface area (Å²) in [6.45, 7) is 6.65. The van der Waals surface area contributed by atoms with E-state index in [2.05, 4.69) is 69.3 Å². The molecule has 0 saturated carbocycles. The summed E-state index contributed by atoms with van der Waals surface area (Å²) in [5.74, 6) is -0.291. The van der Waals surface area contributed by atoms with E-state index < -0.39 is 23.5 Å². The number of methoxy groups -OCH3 is 1. The molecule has 0 radical (unpaired) electrons. The van der Waals surface area contributed by atoms with Crippen molar-refractivity contribution in [3.05, 3.63) is 90.0 Å². The van der Waals surface area contributed by atoms with Gasteiger partial charge in [0.15, 0.2) is 0 Å². The van der Waals surface area contributed by atoms with Crippen molar-refractivity contribution in [2.24, 2.45) is 0 Å². The van der Waals surface area contributed by atoms with Gasteiger partial charge in [0.25, 0.3) is 0 Å². The molecule has 35 heavy (non-hydrogen) atoms. The van der Waals surface area contributed by atoms with Crippen LogP contribution < -0.4 is 15.9 Å². The molecule has 0 heterocycles. The molecule has 188 valence electrons. The van der Waals surface area contributed by atoms with E-state index >= 15 is 0 Å². The Hall–Kier alpha value is -2.74. The number of alkyl halides is 3. The van der Waals surface area contributed by atoms with Crippen molar-refractivity contribution in [2.45, 2.75) is 31.7 Å². The number of benzene rings is 3. The highest BCUT2D eigenvalue weighted by atomic mass is 32.2. The highest BCUT2D eigenvalue weighted by Gasteiger charge is 2.44. The highest BCUT2D eigenvalue weighted by Crippen LogP contribution is 2.35. The van der Waals surface area contributed by atoms with E-state index in [1.165, 1.54) is 23.3 Å². The predicted octanol–water partition coefficient (Wildman–Crippen LogP) is 4.92. The van der Waals surface area contributed by atoms with Crippen molar-refractivity contribution in [1.29, 1.82) is 0 Å². The molecule has 0 amide bonds. The molecule has 0 aromatic heterocycles. The van der Waals surface area contributed by atoms with E-state index in [1.807, 2.05) is 30.3 Å². The van der Waals surface area contributed by atoms with Crippen LogP contribution in [0.5, 0.6) is 0 Å². The van der Waals surface area contributed by atoms with Gasteiger partial charge in [-0.1, -0.05) is 93.6 Å². The Morgan fingerprint density at radius 3 is 1.74 bits per heavy atom. The molecule has 0 fully saturated rings. The van der Waals surface area contributed by atoms with Crippen LogP contribution in [0.15, 0.2) is 78.9 Å². The Morgan fingerprint density at radius 1 is 0.829 bits per heavy atom. The molecule has 0 aliphatic carbocycles. The maximum atomic E-state index is 12.4. The van der Waals surface area contributed by atoms with Crippen molar-refractivity contribution < 1.29 is 35.7 Å². The second-order valence-electron chi connectivity index (χ2n) is 8.40. The molecule has 0 bridgehead atoms. The first-order valence-electron chi connectivity index (χ1n) is 10.3. The maximum Gasteiger partial charge on any atom is 0.522 e. The molecule has 1 unspecified atom stereocenters. The third-order valence-electron chi connectivity index (χ3n) is 4.85. The van der Waals surface area contributed by atoms with E-state index in [4.69, 9.17) is 17.7 Å². The molecule has 1 N–H and O–H groups in total. The van der Waals surface area contributed by atoms with E-state index in [9.17, 15) is 18.0 Å². The number of rotatable bonds is 4. The van der Waals surface area contributed by atoms with Gasteiger partial charge in [-0.25, -0.2) is 4.79 Å². The van der Waals surface area contributed by atoms with Crippen molar-refractivity contribution in [2.75, 3.05) is 7.11 Å². The Kier molecular flexibility index (Phi) is 9.23. The van der Waals surface area contributed by atoms with Crippen LogP contribution in [-0.2, 0) is 20.3 Å². The number of hydrogen-bond acceptors (Lipinski definition) is 4. The second-order valence-corrected chi connectivity index (χ2v) is 12.0. The van der Waals surface area contributed by atoms with E-state index in [-0.39, 0.29) is 11.4 Å². The first kappa shape index (κ1) is 28.5. The molecular weight excluding hydrogens is 500 g/mol. The Bertz CT molecular complexity index is 1240. The van der Waals surface area contributed by atoms with Crippen LogP contribution in [-0.4, -0.2) is 31.6 Å². The molecule has 10 heteroatoms. The predicted molar refractivity (Wildman–Crippen MR) is 133 cm³/mol. The van der Waals surface area contributed by atoms with Crippen molar-refractivity contribution in [3.8, 4) is 0 Å². The number of halogens is 3. The van der Waals surface area contributed by atoms with Crippen LogP contribution in [0.4, 0.5) is 13.2 Å². The van der Waals surface area contributed by atoms with E-state index in [0.29, 0.717) is 5.56 Å². The third-order valence-corrected chi connectivity index (χ3v) is 7.93. The summed E-state index contributed by atoms with van der Waals surface area (Å²) < 4.78 is 62.6. The maximum absolute atomic E-state index is 12.4. The van der Waals surface area contributed by atoms with Crippen LogP contribution in [0.3, 0.4) is 0 Å². The SMILES string of the molecule is COC(=O)c1ccccc1P(c1ccccc1)c1ccc(C(C)(C)C)cc1.O=S(=O)(O)C(F)(F)F. The zero-order valence-electron chi connectivity index (χ0n) is 19.6. The van der Waals surface area contributed by atoms with Crippen LogP contribution in [0, 0.1) is 0 Å². The zero-order valence-corrected chi connectivity index (χ0v) is 21.3. The van der Waals surface area contributed by atoms with Crippen molar-refractivity contribution in [1.82, 2.24) is 0 Å².